The molecule has 2 rings (SSSR count). The lowest BCUT2D eigenvalue weighted by Gasteiger charge is -2.10. The molecule has 4 N–H and O–H groups in total. The van der Waals surface area contributed by atoms with E-state index in [-0.39, 0.29) is 18.0 Å². The van der Waals surface area contributed by atoms with Crippen LogP contribution in [0.4, 0.5) is 11.4 Å². The van der Waals surface area contributed by atoms with E-state index < -0.39 is 5.97 Å². The maximum Gasteiger partial charge on any atom is 0.303 e. The molecule has 0 saturated carbocycles. The van der Waals surface area contributed by atoms with Gasteiger partial charge in [-0.15, -0.1) is 0 Å². The Hall–Kier alpha value is -2.89. The van der Waals surface area contributed by atoms with Gasteiger partial charge in [0.15, 0.2) is 0 Å². The average Bonchev–Trinajstić information content (AvgIpc) is 2.47. The zero-order valence-electron chi connectivity index (χ0n) is 11.2. The van der Waals surface area contributed by atoms with Crippen LogP contribution < -0.4 is 11.1 Å². The number of nitrogen functional groups attached to an aromatic ring is 1. The number of carbonyl (C=O) groups is 2. The topological polar surface area (TPSA) is 105 Å². The first-order valence-corrected chi connectivity index (χ1v) is 6.39. The second-order valence-electron chi connectivity index (χ2n) is 4.48. The maximum absolute atomic E-state index is 12.1. The van der Waals surface area contributed by atoms with Crippen molar-refractivity contribution >= 4 is 23.3 Å². The van der Waals surface area contributed by atoms with Gasteiger partial charge in [0.25, 0.3) is 5.91 Å². The Balaban J connectivity index is 2.13. The lowest BCUT2D eigenvalue weighted by molar-refractivity contribution is -0.136. The standard InChI is InChI=1S/C15H15N3O3/c16-11-6-7-13(17-9-11)15(21)18-12-4-2-1-3-10(12)5-8-14(19)20/h1-4,6-7,9H,5,8,16H2,(H,18,21)(H,19,20). The van der Waals surface area contributed by atoms with Crippen molar-refractivity contribution in [2.45, 2.75) is 12.8 Å². The molecular weight excluding hydrogens is 270 g/mol. The minimum Gasteiger partial charge on any atom is -0.481 e. The number of carboxylic acid groups (broad SMARTS) is 1. The summed E-state index contributed by atoms with van der Waals surface area (Å²) in [5.74, 6) is -1.24. The number of amides is 1. The quantitative estimate of drug-likeness (QED) is 0.778. The number of nitrogens with zero attached hydrogens (tertiary/aromatic N) is 1. The average molecular weight is 285 g/mol. The van der Waals surface area contributed by atoms with Crippen molar-refractivity contribution in [1.29, 1.82) is 0 Å². The lowest BCUT2D eigenvalue weighted by Crippen LogP contribution is -2.15. The molecule has 21 heavy (non-hydrogen) atoms. The van der Waals surface area contributed by atoms with E-state index in [1.165, 1.54) is 12.3 Å². The minimum absolute atomic E-state index is 0.00695. The van der Waals surface area contributed by atoms with E-state index in [0.717, 1.165) is 5.56 Å². The number of aromatic nitrogens is 1. The summed E-state index contributed by atoms with van der Waals surface area (Å²) in [7, 11) is 0. The molecule has 0 aliphatic rings. The Labute approximate surface area is 121 Å². The van der Waals surface area contributed by atoms with Gasteiger partial charge in [-0.3, -0.25) is 9.59 Å². The molecule has 0 bridgehead atoms. The van der Waals surface area contributed by atoms with Crippen LogP contribution in [0, 0.1) is 0 Å². The molecule has 6 nitrogen and oxygen atoms in total. The van der Waals surface area contributed by atoms with Crippen LogP contribution in [0.2, 0.25) is 0 Å². The first-order valence-electron chi connectivity index (χ1n) is 6.39. The van der Waals surface area contributed by atoms with E-state index in [4.69, 9.17) is 10.8 Å². The number of aryl methyl sites for hydroxylation is 1. The van der Waals surface area contributed by atoms with Gasteiger partial charge in [0.05, 0.1) is 11.9 Å². The molecule has 0 fully saturated rings. The van der Waals surface area contributed by atoms with Crippen molar-refractivity contribution in [3.05, 3.63) is 53.9 Å². The summed E-state index contributed by atoms with van der Waals surface area (Å²) in [6.07, 6.45) is 1.76. The van der Waals surface area contributed by atoms with Crippen LogP contribution in [0.15, 0.2) is 42.6 Å². The monoisotopic (exact) mass is 285 g/mol. The van der Waals surface area contributed by atoms with Gasteiger partial charge >= 0.3 is 5.97 Å². The molecule has 0 atom stereocenters. The Morgan fingerprint density at radius 3 is 2.62 bits per heavy atom. The summed E-state index contributed by atoms with van der Waals surface area (Å²) in [5.41, 5.74) is 7.60. The zero-order chi connectivity index (χ0) is 15.2. The number of benzene rings is 1. The van der Waals surface area contributed by atoms with Gasteiger partial charge in [-0.2, -0.15) is 0 Å². The molecule has 1 aromatic heterocycles. The zero-order valence-corrected chi connectivity index (χ0v) is 11.2. The third kappa shape index (κ3) is 4.04. The normalized spacial score (nSPS) is 10.1. The summed E-state index contributed by atoms with van der Waals surface area (Å²) in [4.78, 5) is 26.7. The second-order valence-corrected chi connectivity index (χ2v) is 4.48. The molecule has 0 spiro atoms. The minimum atomic E-state index is -0.878. The second kappa shape index (κ2) is 6.51. The van der Waals surface area contributed by atoms with Gasteiger partial charge in [0.1, 0.15) is 5.69 Å². The SMILES string of the molecule is Nc1ccc(C(=O)Nc2ccccc2CCC(=O)O)nc1. The highest BCUT2D eigenvalue weighted by atomic mass is 16.4. The van der Waals surface area contributed by atoms with Crippen LogP contribution in [0.5, 0.6) is 0 Å². The van der Waals surface area contributed by atoms with Gasteiger partial charge in [0, 0.05) is 12.1 Å². The number of pyridine rings is 1. The van der Waals surface area contributed by atoms with Gasteiger partial charge in [-0.25, -0.2) is 4.98 Å². The number of carbonyl (C=O) groups excluding carboxylic acids is 1. The number of anilines is 2. The summed E-state index contributed by atoms with van der Waals surface area (Å²) < 4.78 is 0. The Morgan fingerprint density at radius 2 is 1.95 bits per heavy atom. The summed E-state index contributed by atoms with van der Waals surface area (Å²) >= 11 is 0. The van der Waals surface area contributed by atoms with Crippen LogP contribution >= 0.6 is 0 Å². The number of hydrogen-bond donors (Lipinski definition) is 3. The third-order valence-electron chi connectivity index (χ3n) is 2.89. The number of nitrogens with one attached hydrogen (secondary N) is 1. The highest BCUT2D eigenvalue weighted by Gasteiger charge is 2.10. The van der Waals surface area contributed by atoms with Gasteiger partial charge in [-0.05, 0) is 30.2 Å². The molecule has 2 aromatic rings. The molecule has 0 saturated heterocycles. The van der Waals surface area contributed by atoms with Gasteiger partial charge < -0.3 is 16.2 Å². The van der Waals surface area contributed by atoms with Crippen molar-refractivity contribution in [2.24, 2.45) is 0 Å². The van der Waals surface area contributed by atoms with E-state index in [0.29, 0.717) is 17.8 Å². The number of para-hydroxylation sites is 1. The highest BCUT2D eigenvalue weighted by Crippen LogP contribution is 2.17. The third-order valence-corrected chi connectivity index (χ3v) is 2.89. The Kier molecular flexibility index (Phi) is 4.50. The summed E-state index contributed by atoms with van der Waals surface area (Å²) in [5, 5.41) is 11.5. The number of hydrogen-bond acceptors (Lipinski definition) is 4. The first kappa shape index (κ1) is 14.5. The largest absolute Gasteiger partial charge is 0.481 e. The molecule has 0 aliphatic carbocycles. The molecule has 1 aromatic carbocycles. The number of carboxylic acids is 1. The van der Waals surface area contributed by atoms with Gasteiger partial charge in [0.2, 0.25) is 0 Å². The highest BCUT2D eigenvalue weighted by molar-refractivity contribution is 6.03. The predicted octanol–water partition coefficient (Wildman–Crippen LogP) is 1.93. The van der Waals surface area contributed by atoms with Crippen LogP contribution in [-0.4, -0.2) is 22.0 Å². The van der Waals surface area contributed by atoms with E-state index in [2.05, 4.69) is 10.3 Å². The first-order chi connectivity index (χ1) is 10.1. The van der Waals surface area contributed by atoms with Crippen molar-refractivity contribution in [3.63, 3.8) is 0 Å². The molecule has 1 amide bonds. The Morgan fingerprint density at radius 1 is 1.19 bits per heavy atom. The molecular formula is C15H15N3O3. The van der Waals surface area contributed by atoms with E-state index >= 15 is 0 Å². The van der Waals surface area contributed by atoms with Gasteiger partial charge in [-0.1, -0.05) is 18.2 Å². The lowest BCUT2D eigenvalue weighted by atomic mass is 10.1. The van der Waals surface area contributed by atoms with Crippen molar-refractivity contribution in [1.82, 2.24) is 4.98 Å². The van der Waals surface area contributed by atoms with Crippen molar-refractivity contribution < 1.29 is 14.7 Å². The fourth-order valence-electron chi connectivity index (χ4n) is 1.83. The predicted molar refractivity (Wildman–Crippen MR) is 79.0 cm³/mol. The van der Waals surface area contributed by atoms with Crippen LogP contribution in [0.1, 0.15) is 22.5 Å². The molecule has 0 aliphatic heterocycles. The fourth-order valence-corrected chi connectivity index (χ4v) is 1.83. The van der Waals surface area contributed by atoms with Crippen LogP contribution in [-0.2, 0) is 11.2 Å². The molecule has 0 unspecified atom stereocenters. The Bertz CT molecular complexity index is 653. The van der Waals surface area contributed by atoms with Crippen LogP contribution in [0.25, 0.3) is 0 Å². The molecule has 108 valence electrons. The fraction of sp³-hybridized carbons (Fsp3) is 0.133. The van der Waals surface area contributed by atoms with Crippen LogP contribution in [0.3, 0.4) is 0 Å². The van der Waals surface area contributed by atoms with Crippen molar-refractivity contribution in [2.75, 3.05) is 11.1 Å². The number of aliphatic carboxylic acids is 1. The summed E-state index contributed by atoms with van der Waals surface area (Å²) in [6, 6.07) is 10.2. The number of rotatable bonds is 5. The summed E-state index contributed by atoms with van der Waals surface area (Å²) in [6.45, 7) is 0. The van der Waals surface area contributed by atoms with E-state index in [1.54, 1.807) is 30.3 Å². The van der Waals surface area contributed by atoms with E-state index in [1.807, 2.05) is 0 Å². The molecule has 0 radical (unpaired) electrons. The maximum atomic E-state index is 12.1. The smallest absolute Gasteiger partial charge is 0.303 e. The molecule has 1 heterocycles. The number of nitrogens with two attached hydrogens (primary N) is 1. The molecule has 6 heteroatoms. The van der Waals surface area contributed by atoms with E-state index in [9.17, 15) is 9.59 Å². The van der Waals surface area contributed by atoms with Crippen molar-refractivity contribution in [3.8, 4) is 0 Å².